The summed E-state index contributed by atoms with van der Waals surface area (Å²) in [6.07, 6.45) is 17.1. The fourth-order valence-electron chi connectivity index (χ4n) is 2.46. The Bertz CT molecular complexity index is 330. The van der Waals surface area contributed by atoms with E-state index in [-0.39, 0.29) is 12.6 Å². The monoisotopic (exact) mass is 328 g/mol. The highest BCUT2D eigenvalue weighted by atomic mass is 16.4. The van der Waals surface area contributed by atoms with Crippen LogP contribution in [0.15, 0.2) is 12.2 Å². The van der Waals surface area contributed by atoms with Gasteiger partial charge in [0.15, 0.2) is 0 Å². The number of carbonyl (C=O) groups is 2. The normalized spacial score (nSPS) is 12.0. The number of aliphatic carboxylic acids is 1. The van der Waals surface area contributed by atoms with Crippen LogP contribution in [0.25, 0.3) is 0 Å². The van der Waals surface area contributed by atoms with Crippen molar-refractivity contribution in [1.82, 2.24) is 6.15 Å². The molecule has 23 heavy (non-hydrogen) atoms. The zero-order chi connectivity index (χ0) is 16.6. The third-order valence-electron chi connectivity index (χ3n) is 3.83. The molecule has 6 N–H and O–H groups in total. The van der Waals surface area contributed by atoms with Gasteiger partial charge in [0.1, 0.15) is 0 Å². The maximum atomic E-state index is 10.9. The van der Waals surface area contributed by atoms with E-state index in [1.807, 2.05) is 6.08 Å². The Labute approximate surface area is 141 Å². The second-order valence-corrected chi connectivity index (χ2v) is 6.01. The summed E-state index contributed by atoms with van der Waals surface area (Å²) in [5.41, 5.74) is 5.03. The van der Waals surface area contributed by atoms with Gasteiger partial charge in [0.05, 0.1) is 5.92 Å². The molecule has 0 rings (SSSR count). The lowest BCUT2D eigenvalue weighted by atomic mass is 10.0. The second kappa shape index (κ2) is 17.0. The summed E-state index contributed by atoms with van der Waals surface area (Å²) in [5, 5.41) is 8.94. The topological polar surface area (TPSA) is 115 Å². The number of carboxylic acid groups (broad SMARTS) is 1. The number of hydrogen-bond donors (Lipinski definition) is 3. The highest BCUT2D eigenvalue weighted by Crippen LogP contribution is 2.12. The molecule has 0 aromatic heterocycles. The standard InChI is InChI=1S/C18H33NO3.H3N/c1-2-3-4-5-6-7-8-9-10-11-12-13-14-16(18(21)22)15-17(19)20;/h13-14,16H,2-12,15H2,1H3,(H2,19,20)(H,21,22);1H3/b14-13+;. The first-order chi connectivity index (χ1) is 10.6. The van der Waals surface area contributed by atoms with Gasteiger partial charge in [-0.3, -0.25) is 9.59 Å². The van der Waals surface area contributed by atoms with E-state index in [9.17, 15) is 9.59 Å². The number of rotatable bonds is 15. The van der Waals surface area contributed by atoms with E-state index in [4.69, 9.17) is 10.8 Å². The van der Waals surface area contributed by atoms with Crippen molar-refractivity contribution in [2.24, 2.45) is 11.7 Å². The molecule has 0 spiro atoms. The zero-order valence-corrected chi connectivity index (χ0v) is 14.8. The molecule has 0 saturated carbocycles. The first-order valence-corrected chi connectivity index (χ1v) is 8.75. The van der Waals surface area contributed by atoms with Gasteiger partial charge < -0.3 is 17.0 Å². The lowest BCUT2D eigenvalue weighted by Gasteiger charge is -2.04. The Balaban J connectivity index is 0. The van der Waals surface area contributed by atoms with Crippen LogP contribution < -0.4 is 11.9 Å². The van der Waals surface area contributed by atoms with E-state index < -0.39 is 17.8 Å². The minimum absolute atomic E-state index is 0. The van der Waals surface area contributed by atoms with Crippen LogP contribution in [0.2, 0.25) is 0 Å². The van der Waals surface area contributed by atoms with Gasteiger partial charge in [-0.15, -0.1) is 0 Å². The summed E-state index contributed by atoms with van der Waals surface area (Å²) < 4.78 is 0. The van der Waals surface area contributed by atoms with Gasteiger partial charge in [0, 0.05) is 6.42 Å². The average molecular weight is 328 g/mol. The molecule has 0 fully saturated rings. The van der Waals surface area contributed by atoms with Crippen molar-refractivity contribution in [3.8, 4) is 0 Å². The van der Waals surface area contributed by atoms with Gasteiger partial charge in [-0.05, 0) is 12.8 Å². The summed E-state index contributed by atoms with van der Waals surface area (Å²) in [5.74, 6) is -2.34. The van der Waals surface area contributed by atoms with Crippen LogP contribution in [0.3, 0.4) is 0 Å². The molecule has 0 aliphatic heterocycles. The third-order valence-corrected chi connectivity index (χ3v) is 3.83. The molecular weight excluding hydrogens is 292 g/mol. The molecule has 0 aromatic rings. The van der Waals surface area contributed by atoms with Gasteiger partial charge in [0.2, 0.25) is 5.91 Å². The number of amides is 1. The number of primary amides is 1. The summed E-state index contributed by atoms with van der Waals surface area (Å²) in [6.45, 7) is 2.24. The van der Waals surface area contributed by atoms with Crippen LogP contribution in [0.4, 0.5) is 0 Å². The van der Waals surface area contributed by atoms with Gasteiger partial charge in [-0.1, -0.05) is 76.9 Å². The second-order valence-electron chi connectivity index (χ2n) is 6.01. The number of carbonyl (C=O) groups excluding carboxylic acids is 1. The molecule has 136 valence electrons. The number of hydrogen-bond acceptors (Lipinski definition) is 3. The van der Waals surface area contributed by atoms with E-state index in [2.05, 4.69) is 6.92 Å². The van der Waals surface area contributed by atoms with Crippen LogP contribution >= 0.6 is 0 Å². The first kappa shape index (κ1) is 23.9. The van der Waals surface area contributed by atoms with E-state index in [0.29, 0.717) is 0 Å². The number of carboxylic acids is 1. The molecule has 0 saturated heterocycles. The van der Waals surface area contributed by atoms with Crippen molar-refractivity contribution < 1.29 is 14.7 Å². The predicted molar refractivity (Wildman–Crippen MR) is 95.6 cm³/mol. The molecule has 0 aliphatic carbocycles. The van der Waals surface area contributed by atoms with Crippen LogP contribution in [-0.2, 0) is 9.59 Å². The van der Waals surface area contributed by atoms with E-state index in [0.717, 1.165) is 12.8 Å². The first-order valence-electron chi connectivity index (χ1n) is 8.75. The van der Waals surface area contributed by atoms with Gasteiger partial charge in [-0.25, -0.2) is 0 Å². The van der Waals surface area contributed by atoms with Gasteiger partial charge in [0.25, 0.3) is 0 Å². The molecule has 5 heteroatoms. The minimum Gasteiger partial charge on any atom is -0.481 e. The Kier molecular flexibility index (Phi) is 17.7. The summed E-state index contributed by atoms with van der Waals surface area (Å²) >= 11 is 0. The molecule has 0 bridgehead atoms. The van der Waals surface area contributed by atoms with E-state index in [1.165, 1.54) is 57.8 Å². The summed E-state index contributed by atoms with van der Waals surface area (Å²) in [7, 11) is 0. The highest BCUT2D eigenvalue weighted by molar-refractivity contribution is 5.82. The van der Waals surface area contributed by atoms with E-state index >= 15 is 0 Å². The molecule has 5 nitrogen and oxygen atoms in total. The largest absolute Gasteiger partial charge is 0.481 e. The number of nitrogens with two attached hydrogens (primary N) is 1. The molecule has 0 aromatic carbocycles. The maximum absolute atomic E-state index is 10.9. The van der Waals surface area contributed by atoms with Crippen molar-refractivity contribution in [2.75, 3.05) is 0 Å². The lowest BCUT2D eigenvalue weighted by Crippen LogP contribution is -2.20. The van der Waals surface area contributed by atoms with E-state index in [1.54, 1.807) is 6.08 Å². The minimum atomic E-state index is -0.988. The fourth-order valence-corrected chi connectivity index (χ4v) is 2.46. The van der Waals surface area contributed by atoms with Crippen molar-refractivity contribution in [2.45, 2.75) is 84.0 Å². The Morgan fingerprint density at radius 1 is 0.957 bits per heavy atom. The van der Waals surface area contributed by atoms with Crippen molar-refractivity contribution in [3.63, 3.8) is 0 Å². The number of allylic oxidation sites excluding steroid dienone is 1. The maximum Gasteiger partial charge on any atom is 0.310 e. The van der Waals surface area contributed by atoms with Gasteiger partial charge >= 0.3 is 5.97 Å². The summed E-state index contributed by atoms with van der Waals surface area (Å²) in [6, 6.07) is 0. The highest BCUT2D eigenvalue weighted by Gasteiger charge is 2.15. The van der Waals surface area contributed by atoms with Crippen LogP contribution in [0.1, 0.15) is 84.0 Å². The van der Waals surface area contributed by atoms with Crippen molar-refractivity contribution in [3.05, 3.63) is 12.2 Å². The molecule has 1 amide bonds. The molecular formula is C18H36N2O3. The number of unbranched alkanes of at least 4 members (excludes halogenated alkanes) is 10. The molecule has 1 atom stereocenters. The Morgan fingerprint density at radius 2 is 1.43 bits per heavy atom. The zero-order valence-electron chi connectivity index (χ0n) is 14.8. The van der Waals surface area contributed by atoms with Crippen molar-refractivity contribution in [1.29, 1.82) is 0 Å². The smallest absolute Gasteiger partial charge is 0.310 e. The third kappa shape index (κ3) is 16.8. The quantitative estimate of drug-likeness (QED) is 0.301. The molecule has 1 unspecified atom stereocenters. The fraction of sp³-hybridized carbons (Fsp3) is 0.778. The SMILES string of the molecule is CCCCCCCCCCCC/C=C/C(CC(N)=O)C(=O)O.N. The lowest BCUT2D eigenvalue weighted by molar-refractivity contribution is -0.141. The van der Waals surface area contributed by atoms with Gasteiger partial charge in [-0.2, -0.15) is 0 Å². The molecule has 0 aliphatic rings. The van der Waals surface area contributed by atoms with Crippen LogP contribution in [-0.4, -0.2) is 17.0 Å². The average Bonchev–Trinajstić information content (AvgIpc) is 2.46. The Morgan fingerprint density at radius 3 is 1.87 bits per heavy atom. The Hall–Kier alpha value is -1.36. The summed E-state index contributed by atoms with van der Waals surface area (Å²) in [4.78, 5) is 21.7. The van der Waals surface area contributed by atoms with Crippen LogP contribution in [0, 0.1) is 5.92 Å². The predicted octanol–water partition coefficient (Wildman–Crippen LogP) is 4.59. The molecule has 0 heterocycles. The van der Waals surface area contributed by atoms with Crippen molar-refractivity contribution >= 4 is 11.9 Å². The van der Waals surface area contributed by atoms with Crippen LogP contribution in [0.5, 0.6) is 0 Å². The molecule has 0 radical (unpaired) electrons.